The fourth-order valence-corrected chi connectivity index (χ4v) is 3.33. The van der Waals surface area contributed by atoms with Crippen LogP contribution in [-0.2, 0) is 0 Å². The minimum atomic E-state index is -0.961. The van der Waals surface area contributed by atoms with E-state index in [2.05, 4.69) is 8.75 Å². The molecule has 0 saturated carbocycles. The van der Waals surface area contributed by atoms with Gasteiger partial charge in [-0.1, -0.05) is 59.5 Å². The number of benzene rings is 3. The molecule has 0 spiro atoms. The quantitative estimate of drug-likeness (QED) is 0.523. The third-order valence-corrected chi connectivity index (χ3v) is 4.52. The Balaban J connectivity index is 2.04. The zero-order chi connectivity index (χ0) is 17.6. The van der Waals surface area contributed by atoms with E-state index in [0.29, 0.717) is 33.1 Å². The smallest absolute Gasteiger partial charge is 0.169 e. The van der Waals surface area contributed by atoms with Crippen molar-refractivity contribution in [2.24, 2.45) is 0 Å². The highest BCUT2D eigenvalue weighted by molar-refractivity contribution is 7.00. The summed E-state index contributed by atoms with van der Waals surface area (Å²) < 4.78 is 38.2. The number of nitrogens with zero attached hydrogens (tertiary/aromatic N) is 2. The summed E-state index contributed by atoms with van der Waals surface area (Å²) in [5.74, 6) is -1.92. The van der Waals surface area contributed by atoms with Gasteiger partial charge in [0.15, 0.2) is 11.6 Å². The van der Waals surface area contributed by atoms with Crippen molar-refractivity contribution >= 4 is 49.4 Å². The number of hydrogen-bond donors (Lipinski definition) is 0. The fraction of sp³-hybridized carbons (Fsp3) is 0. The van der Waals surface area contributed by atoms with E-state index in [1.54, 1.807) is 48.5 Å². The molecule has 7 heteroatoms. The number of hydrogen-bond acceptors (Lipinski definition) is 3. The van der Waals surface area contributed by atoms with Crippen LogP contribution < -0.4 is 10.9 Å². The molecule has 0 atom stereocenters. The van der Waals surface area contributed by atoms with Gasteiger partial charge in [0, 0.05) is 11.1 Å². The molecule has 0 aliphatic heterocycles. The first-order valence-electron chi connectivity index (χ1n) is 7.41. The molecule has 1 aromatic heterocycles. The molecule has 0 unspecified atom stereocenters. The van der Waals surface area contributed by atoms with Crippen LogP contribution in [-0.4, -0.2) is 24.4 Å². The zero-order valence-electron chi connectivity index (χ0n) is 12.8. The molecular weight excluding hydrogens is 336 g/mol. The van der Waals surface area contributed by atoms with Gasteiger partial charge in [0.2, 0.25) is 0 Å². The molecule has 0 aliphatic rings. The Morgan fingerprint density at radius 3 is 1.36 bits per heavy atom. The second-order valence-electron chi connectivity index (χ2n) is 5.58. The van der Waals surface area contributed by atoms with E-state index in [0.717, 1.165) is 11.7 Å². The van der Waals surface area contributed by atoms with Crippen LogP contribution in [0.1, 0.15) is 0 Å². The Bertz CT molecular complexity index is 992. The van der Waals surface area contributed by atoms with Gasteiger partial charge in [-0.05, 0) is 11.1 Å². The number of halogens is 2. The van der Waals surface area contributed by atoms with Crippen molar-refractivity contribution in [3.8, 4) is 22.3 Å². The highest BCUT2D eigenvalue weighted by atomic mass is 32.1. The van der Waals surface area contributed by atoms with Crippen LogP contribution in [0.25, 0.3) is 33.3 Å². The average Bonchev–Trinajstić information content (AvgIpc) is 3.07. The lowest BCUT2D eigenvalue weighted by molar-refractivity contribution is 0.515. The summed E-state index contributed by atoms with van der Waals surface area (Å²) in [6.07, 6.45) is 0. The molecule has 0 saturated heterocycles. The van der Waals surface area contributed by atoms with Crippen LogP contribution in [0, 0.1) is 11.6 Å². The highest BCUT2D eigenvalue weighted by Crippen LogP contribution is 2.38. The topological polar surface area (TPSA) is 25.8 Å². The van der Waals surface area contributed by atoms with E-state index < -0.39 is 11.6 Å². The summed E-state index contributed by atoms with van der Waals surface area (Å²) >= 11 is 0.912. The predicted molar refractivity (Wildman–Crippen MR) is 99.0 cm³/mol. The molecule has 3 aromatic carbocycles. The number of fused-ring (bicyclic) bond motifs is 1. The van der Waals surface area contributed by atoms with Crippen LogP contribution >= 0.6 is 11.7 Å². The van der Waals surface area contributed by atoms with Crippen LogP contribution in [0.15, 0.2) is 48.5 Å². The Hall–Kier alpha value is -2.53. The van der Waals surface area contributed by atoms with E-state index in [1.807, 2.05) is 0 Å². The van der Waals surface area contributed by atoms with Gasteiger partial charge >= 0.3 is 0 Å². The summed E-state index contributed by atoms with van der Waals surface area (Å²) in [6.45, 7) is 0. The first-order valence-corrected chi connectivity index (χ1v) is 8.14. The standard InChI is InChI=1S/C18H8B2F2N2S/c19-11-5-1-9(2-6-11)13-15(21)16(22)14(18-17(13)23-25-24-18)10-3-7-12(20)8-4-10/h1-8H. The summed E-state index contributed by atoms with van der Waals surface area (Å²) in [7, 11) is 11.3. The molecule has 0 fully saturated rings. The van der Waals surface area contributed by atoms with Gasteiger partial charge < -0.3 is 0 Å². The molecular formula is C18H8B2F2N2S. The minimum absolute atomic E-state index is 0.0837. The van der Waals surface area contributed by atoms with Crippen LogP contribution in [0.4, 0.5) is 8.78 Å². The zero-order valence-corrected chi connectivity index (χ0v) is 13.6. The number of rotatable bonds is 2. The summed E-state index contributed by atoms with van der Waals surface area (Å²) in [5, 5.41) is 0. The predicted octanol–water partition coefficient (Wildman–Crippen LogP) is 2.89. The largest absolute Gasteiger partial charge is 0.203 e. The normalized spacial score (nSPS) is 11.1. The van der Waals surface area contributed by atoms with Crippen LogP contribution in [0.2, 0.25) is 0 Å². The Kier molecular flexibility index (Phi) is 3.88. The van der Waals surface area contributed by atoms with Crippen molar-refractivity contribution in [1.82, 2.24) is 8.75 Å². The van der Waals surface area contributed by atoms with Crippen molar-refractivity contribution < 1.29 is 8.78 Å². The lowest BCUT2D eigenvalue weighted by atomic mass is 9.90. The average molecular weight is 344 g/mol. The van der Waals surface area contributed by atoms with Gasteiger partial charge in [0.25, 0.3) is 0 Å². The lowest BCUT2D eigenvalue weighted by Crippen LogP contribution is -2.02. The first kappa shape index (κ1) is 16.0. The van der Waals surface area contributed by atoms with Crippen molar-refractivity contribution in [3.63, 3.8) is 0 Å². The van der Waals surface area contributed by atoms with Gasteiger partial charge in [-0.25, -0.2) is 8.78 Å². The van der Waals surface area contributed by atoms with Gasteiger partial charge in [-0.15, -0.1) is 0 Å². The van der Waals surface area contributed by atoms with Gasteiger partial charge in [-0.3, -0.25) is 0 Å². The molecule has 0 aliphatic carbocycles. The van der Waals surface area contributed by atoms with Crippen molar-refractivity contribution in [3.05, 3.63) is 60.2 Å². The van der Waals surface area contributed by atoms with Crippen molar-refractivity contribution in [2.75, 3.05) is 0 Å². The third-order valence-electron chi connectivity index (χ3n) is 3.99. The van der Waals surface area contributed by atoms with Gasteiger partial charge in [-0.2, -0.15) is 8.75 Å². The first-order chi connectivity index (χ1) is 12.1. The second kappa shape index (κ2) is 6.08. The Labute approximate surface area is 149 Å². The number of aromatic nitrogens is 2. The Morgan fingerprint density at radius 1 is 0.640 bits per heavy atom. The molecule has 0 N–H and O–H groups in total. The third kappa shape index (κ3) is 2.65. The summed E-state index contributed by atoms with van der Waals surface area (Å²) in [6, 6.07) is 13.1. The van der Waals surface area contributed by atoms with Gasteiger partial charge in [0.05, 0.1) is 11.7 Å². The van der Waals surface area contributed by atoms with E-state index in [-0.39, 0.29) is 11.1 Å². The molecule has 1 heterocycles. The summed E-state index contributed by atoms with van der Waals surface area (Å²) in [4.78, 5) is 0. The van der Waals surface area contributed by atoms with Crippen LogP contribution in [0.5, 0.6) is 0 Å². The molecule has 116 valence electrons. The molecule has 25 heavy (non-hydrogen) atoms. The van der Waals surface area contributed by atoms with Crippen molar-refractivity contribution in [1.29, 1.82) is 0 Å². The summed E-state index contributed by atoms with van der Waals surface area (Å²) in [5.41, 5.74) is 2.87. The van der Waals surface area contributed by atoms with E-state index in [9.17, 15) is 8.78 Å². The molecule has 4 aromatic rings. The van der Waals surface area contributed by atoms with Crippen LogP contribution in [0.3, 0.4) is 0 Å². The molecule has 4 radical (unpaired) electrons. The SMILES string of the molecule is [B]c1ccc(-c2c(F)c(F)c(-c3ccc([B])cc3)c3nsnc23)cc1. The fourth-order valence-electron chi connectivity index (χ4n) is 2.77. The minimum Gasteiger partial charge on any atom is -0.203 e. The second-order valence-corrected chi connectivity index (χ2v) is 6.11. The maximum Gasteiger partial charge on any atom is 0.169 e. The van der Waals surface area contributed by atoms with E-state index in [1.165, 1.54) is 0 Å². The molecule has 0 amide bonds. The van der Waals surface area contributed by atoms with E-state index in [4.69, 9.17) is 15.7 Å². The van der Waals surface area contributed by atoms with Gasteiger partial charge in [0.1, 0.15) is 26.7 Å². The Morgan fingerprint density at radius 2 is 1.00 bits per heavy atom. The lowest BCUT2D eigenvalue weighted by Gasteiger charge is -2.11. The molecule has 2 nitrogen and oxygen atoms in total. The molecule has 0 bridgehead atoms. The maximum absolute atomic E-state index is 14.9. The highest BCUT2D eigenvalue weighted by Gasteiger charge is 2.24. The monoisotopic (exact) mass is 344 g/mol. The molecule has 4 rings (SSSR count). The van der Waals surface area contributed by atoms with Crippen molar-refractivity contribution in [2.45, 2.75) is 0 Å². The maximum atomic E-state index is 14.9. The van der Waals surface area contributed by atoms with E-state index >= 15 is 0 Å².